The second-order valence-corrected chi connectivity index (χ2v) is 15.2. The van der Waals surface area contributed by atoms with Gasteiger partial charge >= 0.3 is 18.5 Å². The number of rotatable bonds is 5. The van der Waals surface area contributed by atoms with Crippen molar-refractivity contribution < 1.29 is 44.1 Å². The summed E-state index contributed by atoms with van der Waals surface area (Å²) in [6.45, 7) is 1.93. The topological polar surface area (TPSA) is 32.8 Å². The highest BCUT2D eigenvalue weighted by molar-refractivity contribution is 7.99. The Bertz CT molecular complexity index is 1540. The van der Waals surface area contributed by atoms with Crippen molar-refractivity contribution in [3.8, 4) is 22.3 Å². The van der Waals surface area contributed by atoms with Gasteiger partial charge in [0.05, 0.1) is 41.2 Å². The summed E-state index contributed by atoms with van der Waals surface area (Å²) < 4.78 is 142. The molecule has 3 aliphatic rings. The molecule has 1 radical (unpaired) electrons. The van der Waals surface area contributed by atoms with Crippen molar-refractivity contribution in [2.75, 3.05) is 77.0 Å². The number of anilines is 3. The Hall–Kier alpha value is -2.91. The molecular weight excluding hydrogens is 702 g/mol. The summed E-state index contributed by atoms with van der Waals surface area (Å²) in [5.74, 6) is 1.53. The average molecular weight is 735 g/mol. The molecule has 0 N–H and O–H groups in total. The molecule has 0 spiro atoms. The zero-order chi connectivity index (χ0) is 35.1. The van der Waals surface area contributed by atoms with Gasteiger partial charge in [-0.05, 0) is 61.7 Å². The lowest BCUT2D eigenvalue weighted by molar-refractivity contribution is -0.138. The van der Waals surface area contributed by atoms with Crippen LogP contribution in [0.4, 0.5) is 56.6 Å². The maximum absolute atomic E-state index is 14.8. The summed E-state index contributed by atoms with van der Waals surface area (Å²) in [7, 11) is 0. The Labute approximate surface area is 285 Å². The first-order chi connectivity index (χ1) is 23.1. The van der Waals surface area contributed by atoms with Crippen molar-refractivity contribution in [2.45, 2.75) is 37.8 Å². The number of piperidine rings is 1. The second-order valence-electron chi connectivity index (χ2n) is 12.3. The molecule has 0 atom stereocenters. The van der Waals surface area contributed by atoms with E-state index < -0.39 is 46.4 Å². The SMILES string of the molecule is [O-][S+]1CCN(c2c(-c3cc(C(F)(F)F)c[c]c3N3CCSCC3)cc(C(F)(F)F)cc2-c2cc(C(F)(F)F)ccc2N2CCCCC2)CC1. The molecular formula is C34H33F9N3OS2. The van der Waals surface area contributed by atoms with Crippen LogP contribution >= 0.6 is 11.8 Å². The Morgan fingerprint density at radius 3 is 1.73 bits per heavy atom. The van der Waals surface area contributed by atoms with E-state index in [1.165, 1.54) is 6.07 Å². The third-order valence-corrected chi connectivity index (χ3v) is 11.3. The molecule has 3 fully saturated rings. The van der Waals surface area contributed by atoms with E-state index in [4.69, 9.17) is 0 Å². The minimum atomic E-state index is -4.99. The van der Waals surface area contributed by atoms with E-state index >= 15 is 0 Å². The van der Waals surface area contributed by atoms with Crippen LogP contribution in [0.25, 0.3) is 22.3 Å². The highest BCUT2D eigenvalue weighted by atomic mass is 32.2. The van der Waals surface area contributed by atoms with Gasteiger partial charge in [0.1, 0.15) is 11.5 Å². The quantitative estimate of drug-likeness (QED) is 0.193. The van der Waals surface area contributed by atoms with Crippen LogP contribution in [0.3, 0.4) is 0 Å². The maximum Gasteiger partial charge on any atom is 0.416 e. The Morgan fingerprint density at radius 2 is 1.14 bits per heavy atom. The predicted octanol–water partition coefficient (Wildman–Crippen LogP) is 8.99. The number of alkyl halides is 9. The highest BCUT2D eigenvalue weighted by Gasteiger charge is 2.38. The minimum Gasteiger partial charge on any atom is -0.616 e. The maximum atomic E-state index is 14.8. The third-order valence-electron chi connectivity index (χ3n) is 9.11. The summed E-state index contributed by atoms with van der Waals surface area (Å²) >= 11 is 0.388. The van der Waals surface area contributed by atoms with Crippen LogP contribution < -0.4 is 14.7 Å². The minimum absolute atomic E-state index is 0.0719. The fourth-order valence-electron chi connectivity index (χ4n) is 6.66. The van der Waals surface area contributed by atoms with Crippen molar-refractivity contribution in [3.05, 3.63) is 65.2 Å². The fraction of sp³-hybridized carbons (Fsp3) is 0.471. The first kappa shape index (κ1) is 35.9. The number of thioether (sulfide) groups is 1. The molecule has 0 aromatic heterocycles. The Kier molecular flexibility index (Phi) is 10.3. The zero-order valence-corrected chi connectivity index (χ0v) is 27.8. The molecule has 265 valence electrons. The van der Waals surface area contributed by atoms with Gasteiger partial charge < -0.3 is 19.3 Å². The van der Waals surface area contributed by atoms with Crippen LogP contribution in [0.5, 0.6) is 0 Å². The van der Waals surface area contributed by atoms with Crippen molar-refractivity contribution in [1.29, 1.82) is 0 Å². The van der Waals surface area contributed by atoms with Crippen LogP contribution in [0, 0.1) is 6.07 Å². The lowest BCUT2D eigenvalue weighted by Crippen LogP contribution is -2.41. The van der Waals surface area contributed by atoms with Crippen molar-refractivity contribution in [2.24, 2.45) is 0 Å². The van der Waals surface area contributed by atoms with Crippen molar-refractivity contribution in [3.63, 3.8) is 0 Å². The Balaban J connectivity index is 1.71. The second kappa shape index (κ2) is 14.0. The molecule has 6 rings (SSSR count). The first-order valence-electron chi connectivity index (χ1n) is 15.9. The normalized spacial score (nSPS) is 18.7. The fourth-order valence-corrected chi connectivity index (χ4v) is 8.61. The van der Waals surface area contributed by atoms with Gasteiger partial charge in [0.2, 0.25) is 0 Å². The molecule has 0 bridgehead atoms. The lowest BCUT2D eigenvalue weighted by Gasteiger charge is -2.37. The molecule has 0 unspecified atom stereocenters. The van der Waals surface area contributed by atoms with Gasteiger partial charge in [-0.15, -0.1) is 0 Å². The first-order valence-corrected chi connectivity index (χ1v) is 18.5. The summed E-state index contributed by atoms with van der Waals surface area (Å²) in [5, 5.41) is 0. The molecule has 15 heteroatoms. The number of halogens is 9. The molecule has 3 heterocycles. The van der Waals surface area contributed by atoms with Crippen LogP contribution in [-0.4, -0.2) is 66.8 Å². The van der Waals surface area contributed by atoms with E-state index in [-0.39, 0.29) is 58.2 Å². The zero-order valence-electron chi connectivity index (χ0n) is 26.2. The summed E-state index contributed by atoms with van der Waals surface area (Å²) in [6, 6.07) is 8.93. The molecule has 0 amide bonds. The van der Waals surface area contributed by atoms with Gasteiger partial charge in [-0.25, -0.2) is 0 Å². The average Bonchev–Trinajstić information content (AvgIpc) is 3.07. The van der Waals surface area contributed by atoms with Crippen molar-refractivity contribution in [1.82, 2.24) is 0 Å². The van der Waals surface area contributed by atoms with Gasteiger partial charge in [0, 0.05) is 71.7 Å². The molecule has 3 saturated heterocycles. The standard InChI is InChI=1S/C34H33F9N3OS2/c35-32(36,37)22-4-6-29(44-8-2-1-3-9-44)25(18-22)27-20-24(34(41,42)43)21-28(31(27)46-12-16-49(47)17-13-46)26-19-23(33(38,39)40)5-7-30(26)45-10-14-48-15-11-45/h4-6,18-21H,1-3,8-17H2. The van der Waals surface area contributed by atoms with E-state index in [1.807, 2.05) is 4.90 Å². The monoisotopic (exact) mass is 734 g/mol. The molecule has 0 saturated carbocycles. The van der Waals surface area contributed by atoms with E-state index in [9.17, 15) is 44.1 Å². The van der Waals surface area contributed by atoms with Gasteiger partial charge in [-0.1, -0.05) is 11.2 Å². The smallest absolute Gasteiger partial charge is 0.416 e. The van der Waals surface area contributed by atoms with E-state index in [1.54, 1.807) is 21.6 Å². The molecule has 3 aliphatic heterocycles. The predicted molar refractivity (Wildman–Crippen MR) is 177 cm³/mol. The number of benzene rings is 3. The van der Waals surface area contributed by atoms with Crippen LogP contribution in [0.1, 0.15) is 36.0 Å². The highest BCUT2D eigenvalue weighted by Crippen LogP contribution is 2.51. The van der Waals surface area contributed by atoms with Gasteiger partial charge in [0.15, 0.2) is 0 Å². The molecule has 4 nitrogen and oxygen atoms in total. The van der Waals surface area contributed by atoms with E-state index in [0.717, 1.165) is 55.7 Å². The van der Waals surface area contributed by atoms with Gasteiger partial charge in [-0.2, -0.15) is 51.3 Å². The Morgan fingerprint density at radius 1 is 0.592 bits per heavy atom. The molecule has 49 heavy (non-hydrogen) atoms. The summed E-state index contributed by atoms with van der Waals surface area (Å²) in [5.41, 5.74) is -3.45. The molecule has 3 aromatic rings. The van der Waals surface area contributed by atoms with E-state index in [2.05, 4.69) is 6.07 Å². The summed E-state index contributed by atoms with van der Waals surface area (Å²) in [6.07, 6.45) is -12.3. The van der Waals surface area contributed by atoms with E-state index in [0.29, 0.717) is 43.4 Å². The molecule has 0 aliphatic carbocycles. The number of nitrogens with zero attached hydrogens (tertiary/aromatic N) is 3. The van der Waals surface area contributed by atoms with Crippen LogP contribution in [-0.2, 0) is 29.7 Å². The third kappa shape index (κ3) is 7.88. The van der Waals surface area contributed by atoms with Crippen molar-refractivity contribution >= 4 is 40.0 Å². The number of hydrogen-bond donors (Lipinski definition) is 0. The lowest BCUT2D eigenvalue weighted by atomic mass is 9.88. The molecule has 3 aromatic carbocycles. The van der Waals surface area contributed by atoms with Gasteiger partial charge in [-0.3, -0.25) is 0 Å². The van der Waals surface area contributed by atoms with Crippen LogP contribution in [0.2, 0.25) is 0 Å². The summed E-state index contributed by atoms with van der Waals surface area (Å²) in [4.78, 5) is 5.29. The van der Waals surface area contributed by atoms with Gasteiger partial charge in [0.25, 0.3) is 0 Å². The van der Waals surface area contributed by atoms with Crippen LogP contribution in [0.15, 0.2) is 42.5 Å². The number of hydrogen-bond acceptors (Lipinski definition) is 5. The largest absolute Gasteiger partial charge is 0.616 e.